The van der Waals surface area contributed by atoms with Crippen LogP contribution in [0.25, 0.3) is 11.3 Å². The first-order valence-corrected chi connectivity index (χ1v) is 6.44. The predicted octanol–water partition coefficient (Wildman–Crippen LogP) is 4.15. The van der Waals surface area contributed by atoms with Crippen molar-refractivity contribution >= 4 is 5.69 Å². The highest BCUT2D eigenvalue weighted by Gasteiger charge is 2.06. The van der Waals surface area contributed by atoms with E-state index in [0.29, 0.717) is 5.92 Å². The molecule has 1 unspecified atom stereocenters. The van der Waals surface area contributed by atoms with E-state index in [1.165, 1.54) is 5.56 Å². The minimum atomic E-state index is 0.599. The molecule has 1 atom stereocenters. The summed E-state index contributed by atoms with van der Waals surface area (Å²) in [6.07, 6.45) is 3.01. The number of pyridine rings is 1. The summed E-state index contributed by atoms with van der Waals surface area (Å²) >= 11 is 0. The molecule has 0 spiro atoms. The van der Waals surface area contributed by atoms with Crippen molar-refractivity contribution in [3.8, 4) is 11.3 Å². The van der Waals surface area contributed by atoms with E-state index in [0.717, 1.165) is 28.9 Å². The van der Waals surface area contributed by atoms with E-state index < -0.39 is 0 Å². The van der Waals surface area contributed by atoms with Gasteiger partial charge in [-0.2, -0.15) is 0 Å². The highest BCUT2D eigenvalue weighted by molar-refractivity contribution is 5.72. The Morgan fingerprint density at radius 2 is 1.89 bits per heavy atom. The lowest BCUT2D eigenvalue weighted by Crippen LogP contribution is -1.95. The van der Waals surface area contributed by atoms with Crippen LogP contribution >= 0.6 is 0 Å². The van der Waals surface area contributed by atoms with E-state index in [1.807, 2.05) is 19.2 Å². The molecule has 2 N–H and O–H groups in total. The lowest BCUT2D eigenvalue weighted by molar-refractivity contribution is 0.734. The molecule has 1 heterocycles. The van der Waals surface area contributed by atoms with Crippen LogP contribution in [0.5, 0.6) is 0 Å². The minimum Gasteiger partial charge on any atom is -0.397 e. The van der Waals surface area contributed by atoms with Crippen molar-refractivity contribution in [3.63, 3.8) is 0 Å². The number of hydrogen-bond acceptors (Lipinski definition) is 2. The smallest absolute Gasteiger partial charge is 0.0931 e. The molecule has 2 nitrogen and oxygen atoms in total. The van der Waals surface area contributed by atoms with Gasteiger partial charge in [-0.15, -0.1) is 0 Å². The maximum atomic E-state index is 6.01. The number of aryl methyl sites for hydroxylation is 1. The lowest BCUT2D eigenvalue weighted by Gasteiger charge is -2.10. The zero-order chi connectivity index (χ0) is 13.1. The lowest BCUT2D eigenvalue weighted by atomic mass is 9.97. The Hall–Kier alpha value is -1.83. The van der Waals surface area contributed by atoms with Crippen molar-refractivity contribution in [3.05, 3.63) is 47.7 Å². The molecule has 0 aliphatic rings. The second kappa shape index (κ2) is 5.21. The van der Waals surface area contributed by atoms with Crippen LogP contribution in [0, 0.1) is 6.92 Å². The summed E-state index contributed by atoms with van der Waals surface area (Å²) in [6, 6.07) is 10.5. The average Bonchev–Trinajstić information content (AvgIpc) is 2.38. The van der Waals surface area contributed by atoms with Crippen LogP contribution in [-0.4, -0.2) is 4.98 Å². The highest BCUT2D eigenvalue weighted by atomic mass is 14.7. The molecule has 2 rings (SSSR count). The van der Waals surface area contributed by atoms with Crippen molar-refractivity contribution < 1.29 is 0 Å². The topological polar surface area (TPSA) is 38.9 Å². The summed E-state index contributed by atoms with van der Waals surface area (Å²) in [5.41, 5.74) is 11.2. The predicted molar refractivity (Wildman–Crippen MR) is 77.5 cm³/mol. The van der Waals surface area contributed by atoms with Crippen LogP contribution in [-0.2, 0) is 0 Å². The van der Waals surface area contributed by atoms with Crippen LogP contribution in [0.4, 0.5) is 5.69 Å². The Balaban J connectivity index is 2.34. The molecule has 0 amide bonds. The van der Waals surface area contributed by atoms with Gasteiger partial charge in [0, 0.05) is 11.8 Å². The molecule has 0 fully saturated rings. The minimum absolute atomic E-state index is 0.599. The molecule has 0 radical (unpaired) electrons. The first-order valence-electron chi connectivity index (χ1n) is 6.44. The van der Waals surface area contributed by atoms with Crippen molar-refractivity contribution in [2.24, 2.45) is 0 Å². The molecule has 1 aromatic carbocycles. The van der Waals surface area contributed by atoms with Gasteiger partial charge < -0.3 is 5.73 Å². The van der Waals surface area contributed by atoms with E-state index in [-0.39, 0.29) is 0 Å². The highest BCUT2D eigenvalue weighted by Crippen LogP contribution is 2.26. The number of nitrogens with two attached hydrogens (primary N) is 1. The number of hydrogen-bond donors (Lipinski definition) is 1. The fraction of sp³-hybridized carbons (Fsp3) is 0.312. The van der Waals surface area contributed by atoms with Gasteiger partial charge in [0.05, 0.1) is 11.4 Å². The molecule has 1 aromatic heterocycles. The maximum absolute atomic E-state index is 6.01. The third-order valence-corrected chi connectivity index (χ3v) is 3.42. The zero-order valence-corrected chi connectivity index (χ0v) is 11.3. The van der Waals surface area contributed by atoms with E-state index in [1.54, 1.807) is 0 Å². The van der Waals surface area contributed by atoms with Crippen molar-refractivity contribution in [2.75, 3.05) is 5.73 Å². The number of nitrogens with zero attached hydrogens (tertiary/aromatic N) is 1. The zero-order valence-electron chi connectivity index (χ0n) is 11.3. The third kappa shape index (κ3) is 2.53. The van der Waals surface area contributed by atoms with E-state index in [9.17, 15) is 0 Å². The Bertz CT molecular complexity index is 529. The molecule has 2 heteroatoms. The van der Waals surface area contributed by atoms with E-state index in [2.05, 4.69) is 43.1 Å². The largest absolute Gasteiger partial charge is 0.397 e. The second-order valence-electron chi connectivity index (χ2n) is 4.88. The summed E-state index contributed by atoms with van der Waals surface area (Å²) < 4.78 is 0. The molecular weight excluding hydrogens is 220 g/mol. The van der Waals surface area contributed by atoms with Crippen molar-refractivity contribution in [1.29, 1.82) is 0 Å². The van der Waals surface area contributed by atoms with Gasteiger partial charge in [-0.05, 0) is 36.5 Å². The molecule has 94 valence electrons. The molecular formula is C16H20N2. The SMILES string of the molecule is CCC(C)c1ccc(-c2ncc(C)cc2N)cc1. The molecule has 0 aliphatic carbocycles. The quantitative estimate of drug-likeness (QED) is 0.875. The molecule has 0 saturated carbocycles. The molecule has 0 bridgehead atoms. The van der Waals surface area contributed by atoms with Gasteiger partial charge in [-0.3, -0.25) is 4.98 Å². The van der Waals surface area contributed by atoms with Crippen molar-refractivity contribution in [1.82, 2.24) is 4.98 Å². The van der Waals surface area contributed by atoms with Crippen molar-refractivity contribution in [2.45, 2.75) is 33.1 Å². The fourth-order valence-corrected chi connectivity index (χ4v) is 2.04. The Labute approximate surface area is 109 Å². The second-order valence-corrected chi connectivity index (χ2v) is 4.88. The summed E-state index contributed by atoms with van der Waals surface area (Å²) in [4.78, 5) is 4.42. The number of anilines is 1. The summed E-state index contributed by atoms with van der Waals surface area (Å²) in [5.74, 6) is 0.599. The standard InChI is InChI=1S/C16H20N2/c1-4-12(3)13-5-7-14(8-6-13)16-15(17)9-11(2)10-18-16/h5-10,12H,4,17H2,1-3H3. The van der Waals surface area contributed by atoms with Gasteiger partial charge >= 0.3 is 0 Å². The Morgan fingerprint density at radius 1 is 1.22 bits per heavy atom. The van der Waals surface area contributed by atoms with Gasteiger partial charge in [0.25, 0.3) is 0 Å². The van der Waals surface area contributed by atoms with Crippen LogP contribution in [0.3, 0.4) is 0 Å². The Morgan fingerprint density at radius 3 is 2.44 bits per heavy atom. The van der Waals surface area contributed by atoms with Gasteiger partial charge in [0.2, 0.25) is 0 Å². The summed E-state index contributed by atoms with van der Waals surface area (Å²) in [7, 11) is 0. The van der Waals surface area contributed by atoms with Crippen LogP contribution in [0.15, 0.2) is 36.5 Å². The van der Waals surface area contributed by atoms with Gasteiger partial charge in [-0.25, -0.2) is 0 Å². The maximum Gasteiger partial charge on any atom is 0.0931 e. The number of nitrogen functional groups attached to an aromatic ring is 1. The molecule has 2 aromatic rings. The van der Waals surface area contributed by atoms with Crippen LogP contribution < -0.4 is 5.73 Å². The van der Waals surface area contributed by atoms with Gasteiger partial charge in [-0.1, -0.05) is 38.1 Å². The number of rotatable bonds is 3. The normalized spacial score (nSPS) is 12.4. The third-order valence-electron chi connectivity index (χ3n) is 3.42. The summed E-state index contributed by atoms with van der Waals surface area (Å²) in [6.45, 7) is 6.45. The van der Waals surface area contributed by atoms with E-state index >= 15 is 0 Å². The first-order chi connectivity index (χ1) is 8.61. The molecule has 18 heavy (non-hydrogen) atoms. The van der Waals surface area contributed by atoms with Gasteiger partial charge in [0.15, 0.2) is 0 Å². The van der Waals surface area contributed by atoms with Gasteiger partial charge in [0.1, 0.15) is 0 Å². The summed E-state index contributed by atoms with van der Waals surface area (Å²) in [5, 5.41) is 0. The van der Waals surface area contributed by atoms with E-state index in [4.69, 9.17) is 5.73 Å². The monoisotopic (exact) mass is 240 g/mol. The average molecular weight is 240 g/mol. The number of aromatic nitrogens is 1. The molecule has 0 aliphatic heterocycles. The Kier molecular flexibility index (Phi) is 3.66. The van der Waals surface area contributed by atoms with Crippen LogP contribution in [0.1, 0.15) is 37.3 Å². The molecule has 0 saturated heterocycles. The first kappa shape index (κ1) is 12.6. The fourth-order valence-electron chi connectivity index (χ4n) is 2.04. The van der Waals surface area contributed by atoms with Crippen LogP contribution in [0.2, 0.25) is 0 Å². The number of benzene rings is 1.